The van der Waals surface area contributed by atoms with Crippen LogP contribution in [0, 0.1) is 18.7 Å². The fraction of sp³-hybridized carbons (Fsp3) is 0.417. The summed E-state index contributed by atoms with van der Waals surface area (Å²) in [5, 5.41) is 5.78. The second kappa shape index (κ2) is 9.74. The number of halogens is 1. The number of carbonyl (C=O) groups is 2. The van der Waals surface area contributed by atoms with Gasteiger partial charge in [0.2, 0.25) is 5.91 Å². The summed E-state index contributed by atoms with van der Waals surface area (Å²) < 4.78 is 13.9. The summed E-state index contributed by atoms with van der Waals surface area (Å²) in [4.78, 5) is 27.3. The minimum atomic E-state index is -0.353. The number of nitrogens with zero attached hydrogens (tertiary/aromatic N) is 1. The van der Waals surface area contributed by atoms with Gasteiger partial charge in [-0.15, -0.1) is 0 Å². The molecule has 1 fully saturated rings. The molecule has 2 atom stereocenters. The van der Waals surface area contributed by atoms with E-state index in [2.05, 4.69) is 22.8 Å². The Bertz CT molecular complexity index is 900. The van der Waals surface area contributed by atoms with Crippen molar-refractivity contribution in [1.82, 2.24) is 15.5 Å². The number of likely N-dealkylation sites (tertiary alicyclic amines) is 1. The summed E-state index contributed by atoms with van der Waals surface area (Å²) in [5.74, 6) is -0.773. The van der Waals surface area contributed by atoms with Gasteiger partial charge in [0.1, 0.15) is 5.82 Å². The first-order valence-electron chi connectivity index (χ1n) is 10.5. The summed E-state index contributed by atoms with van der Waals surface area (Å²) in [7, 11) is 0. The van der Waals surface area contributed by atoms with Gasteiger partial charge in [0, 0.05) is 37.2 Å². The Morgan fingerprint density at radius 2 is 1.90 bits per heavy atom. The number of benzene rings is 2. The number of rotatable bonds is 5. The van der Waals surface area contributed by atoms with Gasteiger partial charge < -0.3 is 15.5 Å². The van der Waals surface area contributed by atoms with E-state index in [1.54, 1.807) is 23.1 Å². The number of nitrogens with one attached hydrogen (secondary N) is 2. The van der Waals surface area contributed by atoms with Gasteiger partial charge in [0.25, 0.3) is 0 Å². The normalized spacial score (nSPS) is 18.9. The lowest BCUT2D eigenvalue weighted by Gasteiger charge is -2.38. The van der Waals surface area contributed by atoms with Gasteiger partial charge in [-0.25, -0.2) is 9.18 Å². The molecule has 1 heterocycles. The van der Waals surface area contributed by atoms with E-state index in [0.717, 1.165) is 11.1 Å². The van der Waals surface area contributed by atoms with E-state index < -0.39 is 0 Å². The molecular formula is C24H30FN3O2. The van der Waals surface area contributed by atoms with E-state index >= 15 is 0 Å². The third-order valence-electron chi connectivity index (χ3n) is 5.45. The maximum Gasteiger partial charge on any atom is 0.317 e. The molecule has 0 aliphatic carbocycles. The number of urea groups is 1. The van der Waals surface area contributed by atoms with Crippen LogP contribution in [0.1, 0.15) is 42.9 Å². The standard InChI is InChI=1S/C24H30FN3O2/c1-16(2)27-24(30)28-14-20(18-9-6-7-17(3)11-18)12-21(15-28)23(29)26-13-19-8-4-5-10-22(19)25/h4-11,16,20-21H,12-15H2,1-3H3,(H,26,29)(H,27,30). The molecule has 30 heavy (non-hydrogen) atoms. The predicted molar refractivity (Wildman–Crippen MR) is 116 cm³/mol. The molecule has 6 heteroatoms. The predicted octanol–water partition coefficient (Wildman–Crippen LogP) is 3.97. The van der Waals surface area contributed by atoms with E-state index in [1.165, 1.54) is 6.07 Å². The van der Waals surface area contributed by atoms with Crippen LogP contribution in [0.25, 0.3) is 0 Å². The van der Waals surface area contributed by atoms with Crippen molar-refractivity contribution >= 4 is 11.9 Å². The summed E-state index contributed by atoms with van der Waals surface area (Å²) >= 11 is 0. The third-order valence-corrected chi connectivity index (χ3v) is 5.45. The minimum Gasteiger partial charge on any atom is -0.352 e. The number of aryl methyl sites for hydroxylation is 1. The summed E-state index contributed by atoms with van der Waals surface area (Å²) in [6, 6.07) is 14.5. The van der Waals surface area contributed by atoms with Gasteiger partial charge in [-0.1, -0.05) is 48.0 Å². The van der Waals surface area contributed by atoms with Crippen molar-refractivity contribution in [2.45, 2.75) is 45.7 Å². The lowest BCUT2D eigenvalue weighted by Crippen LogP contribution is -2.52. The van der Waals surface area contributed by atoms with Gasteiger partial charge in [-0.3, -0.25) is 4.79 Å². The lowest BCUT2D eigenvalue weighted by atomic mass is 9.83. The van der Waals surface area contributed by atoms with E-state index in [0.29, 0.717) is 25.1 Å². The van der Waals surface area contributed by atoms with Gasteiger partial charge >= 0.3 is 6.03 Å². The van der Waals surface area contributed by atoms with Crippen LogP contribution in [0.5, 0.6) is 0 Å². The van der Waals surface area contributed by atoms with E-state index in [1.807, 2.05) is 32.9 Å². The molecule has 2 aromatic carbocycles. The van der Waals surface area contributed by atoms with Crippen LogP contribution in [0.2, 0.25) is 0 Å². The highest BCUT2D eigenvalue weighted by Gasteiger charge is 2.34. The molecule has 1 aliphatic heterocycles. The monoisotopic (exact) mass is 411 g/mol. The Kier molecular flexibility index (Phi) is 7.08. The molecule has 0 bridgehead atoms. The Morgan fingerprint density at radius 1 is 1.13 bits per heavy atom. The average Bonchev–Trinajstić information content (AvgIpc) is 2.72. The third kappa shape index (κ3) is 5.59. The van der Waals surface area contributed by atoms with Crippen LogP contribution in [0.3, 0.4) is 0 Å². The zero-order chi connectivity index (χ0) is 21.7. The second-order valence-corrected chi connectivity index (χ2v) is 8.36. The molecule has 3 rings (SSSR count). The number of carbonyl (C=O) groups excluding carboxylic acids is 2. The SMILES string of the molecule is Cc1cccc(C2CC(C(=O)NCc3ccccc3F)CN(C(=O)NC(C)C)C2)c1. The van der Waals surface area contributed by atoms with Crippen LogP contribution in [0.4, 0.5) is 9.18 Å². The largest absolute Gasteiger partial charge is 0.352 e. The highest BCUT2D eigenvalue weighted by molar-refractivity contribution is 5.81. The molecule has 5 nitrogen and oxygen atoms in total. The first-order valence-corrected chi connectivity index (χ1v) is 10.5. The number of amides is 3. The van der Waals surface area contributed by atoms with Crippen LogP contribution in [-0.4, -0.2) is 36.0 Å². The Labute approximate surface area is 177 Å². The topological polar surface area (TPSA) is 61.4 Å². The first kappa shape index (κ1) is 21.8. The number of piperidine rings is 1. The van der Waals surface area contributed by atoms with Crippen molar-refractivity contribution in [1.29, 1.82) is 0 Å². The summed E-state index contributed by atoms with van der Waals surface area (Å²) in [6.07, 6.45) is 0.651. The average molecular weight is 412 g/mol. The van der Waals surface area contributed by atoms with Crippen molar-refractivity contribution in [3.05, 3.63) is 71.0 Å². The second-order valence-electron chi connectivity index (χ2n) is 8.36. The van der Waals surface area contributed by atoms with Crippen LogP contribution in [0.15, 0.2) is 48.5 Å². The zero-order valence-corrected chi connectivity index (χ0v) is 17.8. The molecule has 2 unspecified atom stereocenters. The molecule has 0 saturated carbocycles. The molecule has 1 saturated heterocycles. The van der Waals surface area contributed by atoms with Gasteiger partial charge in [0.05, 0.1) is 5.92 Å². The Balaban J connectivity index is 1.75. The molecular weight excluding hydrogens is 381 g/mol. The molecule has 0 spiro atoms. The quantitative estimate of drug-likeness (QED) is 0.782. The van der Waals surface area contributed by atoms with Crippen LogP contribution >= 0.6 is 0 Å². The van der Waals surface area contributed by atoms with Gasteiger partial charge in [-0.2, -0.15) is 0 Å². The minimum absolute atomic E-state index is 0.0187. The van der Waals surface area contributed by atoms with Crippen LogP contribution < -0.4 is 10.6 Å². The Morgan fingerprint density at radius 3 is 2.60 bits per heavy atom. The fourth-order valence-electron chi connectivity index (χ4n) is 3.93. The van der Waals surface area contributed by atoms with E-state index in [4.69, 9.17) is 0 Å². The number of hydrogen-bond donors (Lipinski definition) is 2. The maximum atomic E-state index is 13.9. The number of hydrogen-bond acceptors (Lipinski definition) is 2. The molecule has 160 valence electrons. The smallest absolute Gasteiger partial charge is 0.317 e. The molecule has 3 amide bonds. The van der Waals surface area contributed by atoms with E-state index in [9.17, 15) is 14.0 Å². The molecule has 1 aliphatic rings. The fourth-order valence-corrected chi connectivity index (χ4v) is 3.93. The molecule has 2 aromatic rings. The summed E-state index contributed by atoms with van der Waals surface area (Å²) in [6.45, 7) is 6.92. The highest BCUT2D eigenvalue weighted by atomic mass is 19.1. The lowest BCUT2D eigenvalue weighted by molar-refractivity contribution is -0.126. The van der Waals surface area contributed by atoms with Gasteiger partial charge in [-0.05, 0) is 38.8 Å². The van der Waals surface area contributed by atoms with Crippen molar-refractivity contribution in [2.75, 3.05) is 13.1 Å². The molecule has 0 aromatic heterocycles. The summed E-state index contributed by atoms with van der Waals surface area (Å²) in [5.41, 5.74) is 2.73. The van der Waals surface area contributed by atoms with Gasteiger partial charge in [0.15, 0.2) is 0 Å². The Hall–Kier alpha value is -2.89. The molecule has 2 N–H and O–H groups in total. The van der Waals surface area contributed by atoms with Crippen molar-refractivity contribution < 1.29 is 14.0 Å². The van der Waals surface area contributed by atoms with Crippen molar-refractivity contribution in [2.24, 2.45) is 5.92 Å². The molecule has 0 radical (unpaired) electrons. The van der Waals surface area contributed by atoms with Crippen molar-refractivity contribution in [3.8, 4) is 0 Å². The maximum absolute atomic E-state index is 13.9. The van der Waals surface area contributed by atoms with Crippen molar-refractivity contribution in [3.63, 3.8) is 0 Å². The first-order chi connectivity index (χ1) is 14.3. The highest BCUT2D eigenvalue weighted by Crippen LogP contribution is 2.31. The van der Waals surface area contributed by atoms with Crippen LogP contribution in [-0.2, 0) is 11.3 Å². The zero-order valence-electron chi connectivity index (χ0n) is 17.8. The van der Waals surface area contributed by atoms with E-state index in [-0.39, 0.29) is 42.2 Å².